The molecule has 1 heterocycles. The number of rotatable bonds is 2. The molecule has 4 nitrogen and oxygen atoms in total. The summed E-state index contributed by atoms with van der Waals surface area (Å²) in [7, 11) is 1.59. The minimum absolute atomic E-state index is 0.0925. The second kappa shape index (κ2) is 4.25. The number of carboxylic acid groups (broad SMARTS) is 1. The van der Waals surface area contributed by atoms with Crippen LogP contribution < -0.4 is 0 Å². The van der Waals surface area contributed by atoms with Crippen molar-refractivity contribution >= 4 is 5.97 Å². The largest absolute Gasteiger partial charge is 0.476 e. The Bertz CT molecular complexity index is 632. The van der Waals surface area contributed by atoms with Gasteiger partial charge in [0.2, 0.25) is 0 Å². The van der Waals surface area contributed by atoms with Crippen LogP contribution in [0.25, 0.3) is 11.3 Å². The third-order valence-electron chi connectivity index (χ3n) is 2.96. The summed E-state index contributed by atoms with van der Waals surface area (Å²) >= 11 is 0. The summed E-state index contributed by atoms with van der Waals surface area (Å²) < 4.78 is 15.3. The van der Waals surface area contributed by atoms with Crippen molar-refractivity contribution in [3.05, 3.63) is 40.8 Å². The highest BCUT2D eigenvalue weighted by atomic mass is 19.1. The average molecular weight is 248 g/mol. The molecule has 0 aliphatic carbocycles. The van der Waals surface area contributed by atoms with Crippen LogP contribution in [0.1, 0.15) is 21.6 Å². The van der Waals surface area contributed by atoms with Crippen molar-refractivity contribution in [3.63, 3.8) is 0 Å². The summed E-state index contributed by atoms with van der Waals surface area (Å²) in [5.41, 5.74) is 2.53. The number of aromatic nitrogens is 2. The van der Waals surface area contributed by atoms with Crippen LogP contribution >= 0.6 is 0 Å². The van der Waals surface area contributed by atoms with Crippen LogP contribution in [-0.2, 0) is 7.05 Å². The third-order valence-corrected chi connectivity index (χ3v) is 2.96. The number of aromatic carboxylic acids is 1. The zero-order valence-corrected chi connectivity index (χ0v) is 10.4. The molecule has 1 aromatic heterocycles. The lowest BCUT2D eigenvalue weighted by molar-refractivity contribution is 0.0689. The van der Waals surface area contributed by atoms with Gasteiger partial charge in [-0.1, -0.05) is 0 Å². The van der Waals surface area contributed by atoms with Crippen molar-refractivity contribution in [2.45, 2.75) is 13.8 Å². The fraction of sp³-hybridized carbons (Fsp3) is 0.231. The van der Waals surface area contributed by atoms with Gasteiger partial charge in [0, 0.05) is 12.6 Å². The zero-order chi connectivity index (χ0) is 13.4. The van der Waals surface area contributed by atoms with Crippen molar-refractivity contribution in [1.29, 1.82) is 0 Å². The monoisotopic (exact) mass is 248 g/mol. The molecule has 94 valence electrons. The van der Waals surface area contributed by atoms with Gasteiger partial charge in [-0.2, -0.15) is 5.10 Å². The van der Waals surface area contributed by atoms with Crippen molar-refractivity contribution in [1.82, 2.24) is 9.78 Å². The van der Waals surface area contributed by atoms with Crippen LogP contribution in [-0.4, -0.2) is 20.9 Å². The van der Waals surface area contributed by atoms with Crippen molar-refractivity contribution < 1.29 is 14.3 Å². The zero-order valence-electron chi connectivity index (χ0n) is 10.4. The van der Waals surface area contributed by atoms with Crippen LogP contribution in [0.5, 0.6) is 0 Å². The molecule has 0 saturated heterocycles. The second-order valence-corrected chi connectivity index (χ2v) is 4.26. The van der Waals surface area contributed by atoms with E-state index in [1.165, 1.54) is 16.8 Å². The first-order valence-electron chi connectivity index (χ1n) is 5.44. The molecule has 0 aliphatic heterocycles. The van der Waals surface area contributed by atoms with Gasteiger partial charge in [0.05, 0.1) is 5.69 Å². The highest BCUT2D eigenvalue weighted by Crippen LogP contribution is 2.26. The fourth-order valence-corrected chi connectivity index (χ4v) is 1.80. The number of benzene rings is 1. The molecule has 1 aromatic carbocycles. The summed E-state index contributed by atoms with van der Waals surface area (Å²) in [6.07, 6.45) is 0. The van der Waals surface area contributed by atoms with Crippen molar-refractivity contribution in [2.75, 3.05) is 0 Å². The SMILES string of the molecule is Cc1cc(F)c(-c2cc(C(=O)O)nn2C)cc1C. The number of hydrogen-bond acceptors (Lipinski definition) is 2. The minimum atomic E-state index is -1.12. The molecular formula is C13H13FN2O2. The lowest BCUT2D eigenvalue weighted by Crippen LogP contribution is -2.00. The first-order chi connectivity index (χ1) is 8.40. The van der Waals surface area contributed by atoms with Crippen molar-refractivity contribution in [2.24, 2.45) is 7.05 Å². The summed E-state index contributed by atoms with van der Waals surface area (Å²) in [4.78, 5) is 10.8. The minimum Gasteiger partial charge on any atom is -0.476 e. The first-order valence-corrected chi connectivity index (χ1v) is 5.44. The van der Waals surface area contributed by atoms with E-state index < -0.39 is 5.97 Å². The van der Waals surface area contributed by atoms with E-state index in [-0.39, 0.29) is 11.5 Å². The molecule has 2 aromatic rings. The topological polar surface area (TPSA) is 55.1 Å². The van der Waals surface area contributed by atoms with Crippen molar-refractivity contribution in [3.8, 4) is 11.3 Å². The Kier molecular flexibility index (Phi) is 2.90. The molecular weight excluding hydrogens is 235 g/mol. The molecule has 0 atom stereocenters. The second-order valence-electron chi connectivity index (χ2n) is 4.26. The number of nitrogens with zero attached hydrogens (tertiary/aromatic N) is 2. The molecule has 2 rings (SSSR count). The molecule has 0 saturated carbocycles. The van der Waals surface area contributed by atoms with Gasteiger partial charge < -0.3 is 5.11 Å². The van der Waals surface area contributed by atoms with Gasteiger partial charge in [-0.15, -0.1) is 0 Å². The Balaban J connectivity index is 2.62. The Hall–Kier alpha value is -2.17. The third kappa shape index (κ3) is 1.99. The normalized spacial score (nSPS) is 10.7. The van der Waals surface area contributed by atoms with Crippen LogP contribution in [0.15, 0.2) is 18.2 Å². The van der Waals surface area contributed by atoms with Gasteiger partial charge in [-0.25, -0.2) is 9.18 Å². The predicted molar refractivity (Wildman–Crippen MR) is 65.0 cm³/mol. The predicted octanol–water partition coefficient (Wildman–Crippen LogP) is 2.54. The average Bonchev–Trinajstić information content (AvgIpc) is 2.66. The highest BCUT2D eigenvalue weighted by Gasteiger charge is 2.16. The van der Waals surface area contributed by atoms with E-state index >= 15 is 0 Å². The van der Waals surface area contributed by atoms with E-state index in [1.54, 1.807) is 13.1 Å². The number of hydrogen-bond donors (Lipinski definition) is 1. The van der Waals surface area contributed by atoms with Crippen LogP contribution in [0.3, 0.4) is 0 Å². The maximum Gasteiger partial charge on any atom is 0.356 e. The Labute approximate surface area is 104 Å². The molecule has 0 spiro atoms. The fourth-order valence-electron chi connectivity index (χ4n) is 1.80. The van der Waals surface area contributed by atoms with E-state index in [0.717, 1.165) is 11.1 Å². The number of carboxylic acids is 1. The van der Waals surface area contributed by atoms with E-state index in [1.807, 2.05) is 13.8 Å². The van der Waals surface area contributed by atoms with E-state index in [9.17, 15) is 9.18 Å². The van der Waals surface area contributed by atoms with Crippen LogP contribution in [0, 0.1) is 19.7 Å². The van der Waals surface area contributed by atoms with Gasteiger partial charge in [0.1, 0.15) is 5.82 Å². The first kappa shape index (κ1) is 12.3. The molecule has 0 bridgehead atoms. The standard InChI is InChI=1S/C13H13FN2O2/c1-7-4-9(10(14)5-8(7)2)12-6-11(13(17)18)15-16(12)3/h4-6H,1-3H3,(H,17,18). The van der Waals surface area contributed by atoms with Crippen LogP contribution in [0.2, 0.25) is 0 Å². The maximum absolute atomic E-state index is 13.9. The van der Waals surface area contributed by atoms with E-state index in [0.29, 0.717) is 11.3 Å². The smallest absolute Gasteiger partial charge is 0.356 e. The maximum atomic E-state index is 13.9. The number of halogens is 1. The lowest BCUT2D eigenvalue weighted by atomic mass is 10.0. The summed E-state index contributed by atoms with van der Waals surface area (Å²) in [5.74, 6) is -1.50. The molecule has 1 N–H and O–H groups in total. The van der Waals surface area contributed by atoms with Gasteiger partial charge >= 0.3 is 5.97 Å². The van der Waals surface area contributed by atoms with E-state index in [2.05, 4.69) is 5.10 Å². The molecule has 5 heteroatoms. The Morgan fingerprint density at radius 3 is 2.44 bits per heavy atom. The summed E-state index contributed by atoms with van der Waals surface area (Å²) in [6.45, 7) is 3.71. The van der Waals surface area contributed by atoms with Gasteiger partial charge in [0.15, 0.2) is 5.69 Å². The Morgan fingerprint density at radius 2 is 1.89 bits per heavy atom. The quantitative estimate of drug-likeness (QED) is 0.888. The highest BCUT2D eigenvalue weighted by molar-refractivity contribution is 5.87. The van der Waals surface area contributed by atoms with E-state index in [4.69, 9.17) is 5.11 Å². The molecule has 0 fully saturated rings. The van der Waals surface area contributed by atoms with Gasteiger partial charge in [0.25, 0.3) is 0 Å². The Morgan fingerprint density at radius 1 is 1.28 bits per heavy atom. The summed E-state index contributed by atoms with van der Waals surface area (Å²) in [6, 6.07) is 4.51. The molecule has 0 radical (unpaired) electrons. The molecule has 0 aliphatic rings. The van der Waals surface area contributed by atoms with Gasteiger partial charge in [-0.3, -0.25) is 4.68 Å². The molecule has 0 amide bonds. The number of carbonyl (C=O) groups is 1. The summed E-state index contributed by atoms with van der Waals surface area (Å²) in [5, 5.41) is 12.7. The molecule has 18 heavy (non-hydrogen) atoms. The lowest BCUT2D eigenvalue weighted by Gasteiger charge is -2.07. The number of aryl methyl sites for hydroxylation is 3. The van der Waals surface area contributed by atoms with Crippen LogP contribution in [0.4, 0.5) is 4.39 Å². The molecule has 0 unspecified atom stereocenters. The van der Waals surface area contributed by atoms with Gasteiger partial charge in [-0.05, 0) is 43.2 Å².